The highest BCUT2D eigenvalue weighted by Crippen LogP contribution is 2.50. The molecule has 134 valence electrons. The van der Waals surface area contributed by atoms with Crippen LogP contribution in [0.25, 0.3) is 11.1 Å². The predicted octanol–water partition coefficient (Wildman–Crippen LogP) is 4.11. The van der Waals surface area contributed by atoms with Gasteiger partial charge < -0.3 is 4.42 Å². The van der Waals surface area contributed by atoms with Crippen molar-refractivity contribution in [3.05, 3.63) is 77.3 Å². The SMILES string of the molecule is O=c1[nH]c2ccc(S(=O)(=O)N3c4ccccc4Sc4ccccc43)cc2o1. The Labute approximate surface area is 158 Å². The van der Waals surface area contributed by atoms with Gasteiger partial charge in [0.15, 0.2) is 5.58 Å². The topological polar surface area (TPSA) is 83.4 Å². The third kappa shape index (κ3) is 2.48. The summed E-state index contributed by atoms with van der Waals surface area (Å²) in [6.07, 6.45) is 0. The van der Waals surface area contributed by atoms with E-state index in [9.17, 15) is 13.2 Å². The van der Waals surface area contributed by atoms with Gasteiger partial charge in [0.25, 0.3) is 10.0 Å². The molecule has 0 unspecified atom stereocenters. The lowest BCUT2D eigenvalue weighted by molar-refractivity contribution is 0.554. The predicted molar refractivity (Wildman–Crippen MR) is 103 cm³/mol. The number of sulfonamides is 1. The molecule has 3 aromatic carbocycles. The van der Waals surface area contributed by atoms with E-state index in [1.54, 1.807) is 12.1 Å². The maximum absolute atomic E-state index is 13.5. The van der Waals surface area contributed by atoms with Crippen LogP contribution in [0.15, 0.2) is 90.6 Å². The molecule has 2 heterocycles. The van der Waals surface area contributed by atoms with Crippen molar-refractivity contribution in [1.82, 2.24) is 4.98 Å². The Hall–Kier alpha value is -2.97. The number of hydrogen-bond donors (Lipinski definition) is 1. The normalized spacial score (nSPS) is 13.4. The molecule has 1 N–H and O–H groups in total. The Bertz CT molecular complexity index is 1310. The van der Waals surface area contributed by atoms with Crippen molar-refractivity contribution in [2.45, 2.75) is 14.7 Å². The fraction of sp³-hybridized carbons (Fsp3) is 0. The molecule has 0 saturated carbocycles. The largest absolute Gasteiger partial charge is 0.417 e. The number of benzene rings is 3. The van der Waals surface area contributed by atoms with Gasteiger partial charge in [-0.1, -0.05) is 36.0 Å². The summed E-state index contributed by atoms with van der Waals surface area (Å²) < 4.78 is 33.5. The van der Waals surface area contributed by atoms with Crippen molar-refractivity contribution >= 4 is 44.3 Å². The molecular formula is C19H12N2O4S2. The number of anilines is 2. The van der Waals surface area contributed by atoms with E-state index in [1.165, 1.54) is 34.3 Å². The number of hydrogen-bond acceptors (Lipinski definition) is 5. The molecule has 0 aliphatic carbocycles. The zero-order valence-electron chi connectivity index (χ0n) is 13.7. The highest BCUT2D eigenvalue weighted by Gasteiger charge is 2.33. The van der Waals surface area contributed by atoms with E-state index in [-0.39, 0.29) is 10.5 Å². The van der Waals surface area contributed by atoms with Crippen LogP contribution in [-0.2, 0) is 10.0 Å². The first-order valence-corrected chi connectivity index (χ1v) is 10.3. The van der Waals surface area contributed by atoms with Crippen molar-refractivity contribution < 1.29 is 12.8 Å². The van der Waals surface area contributed by atoms with Crippen LogP contribution in [0.2, 0.25) is 0 Å². The van der Waals surface area contributed by atoms with Crippen LogP contribution in [0.3, 0.4) is 0 Å². The summed E-state index contributed by atoms with van der Waals surface area (Å²) in [5, 5.41) is 0. The summed E-state index contributed by atoms with van der Waals surface area (Å²) in [4.78, 5) is 15.7. The van der Waals surface area contributed by atoms with Crippen LogP contribution in [-0.4, -0.2) is 13.4 Å². The number of nitrogens with one attached hydrogen (secondary N) is 1. The van der Waals surface area contributed by atoms with Crippen molar-refractivity contribution in [3.63, 3.8) is 0 Å². The lowest BCUT2D eigenvalue weighted by atomic mass is 10.2. The van der Waals surface area contributed by atoms with E-state index in [0.717, 1.165) is 9.79 Å². The molecule has 1 aliphatic rings. The molecule has 0 atom stereocenters. The van der Waals surface area contributed by atoms with E-state index in [1.807, 2.05) is 36.4 Å². The lowest BCUT2D eigenvalue weighted by Crippen LogP contribution is -2.28. The van der Waals surface area contributed by atoms with Gasteiger partial charge in [-0.3, -0.25) is 4.98 Å². The second-order valence-electron chi connectivity index (χ2n) is 5.98. The zero-order chi connectivity index (χ0) is 18.6. The van der Waals surface area contributed by atoms with Crippen LogP contribution in [0.4, 0.5) is 11.4 Å². The summed E-state index contributed by atoms with van der Waals surface area (Å²) >= 11 is 1.53. The molecule has 6 nitrogen and oxygen atoms in total. The number of H-pyrrole nitrogens is 1. The molecule has 4 aromatic rings. The summed E-state index contributed by atoms with van der Waals surface area (Å²) in [7, 11) is -3.93. The smallest absolute Gasteiger partial charge is 0.408 e. The molecule has 27 heavy (non-hydrogen) atoms. The van der Waals surface area contributed by atoms with E-state index >= 15 is 0 Å². The number of nitrogens with zero attached hydrogens (tertiary/aromatic N) is 1. The van der Waals surface area contributed by atoms with E-state index in [2.05, 4.69) is 4.98 Å². The second-order valence-corrected chi connectivity index (χ2v) is 8.85. The first kappa shape index (κ1) is 16.2. The molecule has 0 fully saturated rings. The third-order valence-corrected chi connectivity index (χ3v) is 7.17. The molecule has 0 bridgehead atoms. The quantitative estimate of drug-likeness (QED) is 0.551. The average molecular weight is 396 g/mol. The summed E-state index contributed by atoms with van der Waals surface area (Å²) in [5.74, 6) is -0.621. The molecule has 1 aliphatic heterocycles. The van der Waals surface area contributed by atoms with Crippen LogP contribution >= 0.6 is 11.8 Å². The van der Waals surface area contributed by atoms with Gasteiger partial charge in [0.2, 0.25) is 0 Å². The number of rotatable bonds is 2. The minimum atomic E-state index is -3.93. The fourth-order valence-corrected chi connectivity index (χ4v) is 5.84. The molecule has 8 heteroatoms. The molecule has 5 rings (SSSR count). The van der Waals surface area contributed by atoms with Gasteiger partial charge in [0.1, 0.15) is 0 Å². The van der Waals surface area contributed by atoms with E-state index < -0.39 is 15.8 Å². The maximum atomic E-state index is 13.5. The van der Waals surface area contributed by atoms with Crippen molar-refractivity contribution in [3.8, 4) is 0 Å². The minimum Gasteiger partial charge on any atom is -0.408 e. The van der Waals surface area contributed by atoms with Gasteiger partial charge in [-0.25, -0.2) is 17.5 Å². The Balaban J connectivity index is 1.76. The minimum absolute atomic E-state index is 0.0502. The maximum Gasteiger partial charge on any atom is 0.417 e. The van der Waals surface area contributed by atoms with Crippen LogP contribution in [0, 0.1) is 0 Å². The van der Waals surface area contributed by atoms with Gasteiger partial charge in [-0.15, -0.1) is 0 Å². The Morgan fingerprint density at radius 1 is 0.889 bits per heavy atom. The molecule has 1 aromatic heterocycles. The Kier molecular flexibility index (Phi) is 3.46. The van der Waals surface area contributed by atoms with Gasteiger partial charge >= 0.3 is 5.76 Å². The summed E-state index contributed by atoms with van der Waals surface area (Å²) in [6.45, 7) is 0. The van der Waals surface area contributed by atoms with Crippen molar-refractivity contribution in [2.24, 2.45) is 0 Å². The van der Waals surface area contributed by atoms with Crippen molar-refractivity contribution in [1.29, 1.82) is 0 Å². The fourth-order valence-electron chi connectivity index (χ4n) is 3.12. The number of para-hydroxylation sites is 2. The number of aromatic amines is 1. The summed E-state index contributed by atoms with van der Waals surface area (Å²) in [6, 6.07) is 19.1. The number of oxazole rings is 1. The molecule has 0 spiro atoms. The Morgan fingerprint density at radius 3 is 2.19 bits per heavy atom. The van der Waals surface area contributed by atoms with Crippen LogP contribution < -0.4 is 10.1 Å². The molecular weight excluding hydrogens is 384 g/mol. The summed E-state index contributed by atoms with van der Waals surface area (Å²) in [5.41, 5.74) is 1.84. The standard InChI is InChI=1S/C19H12N2O4S2/c22-19-20-13-10-9-12(11-16(13)25-19)27(23,24)21-14-5-1-3-7-17(14)26-18-8-4-2-6-15(18)21/h1-11H,(H,20,22). The molecule has 0 amide bonds. The van der Waals surface area contributed by atoms with Gasteiger partial charge in [0, 0.05) is 15.9 Å². The number of fused-ring (bicyclic) bond motifs is 3. The van der Waals surface area contributed by atoms with E-state index in [4.69, 9.17) is 4.42 Å². The third-order valence-electron chi connectivity index (χ3n) is 4.32. The highest BCUT2D eigenvalue weighted by atomic mass is 32.2. The van der Waals surface area contributed by atoms with E-state index in [0.29, 0.717) is 16.9 Å². The van der Waals surface area contributed by atoms with Crippen molar-refractivity contribution in [2.75, 3.05) is 4.31 Å². The number of aromatic nitrogens is 1. The first-order valence-electron chi connectivity index (χ1n) is 8.08. The zero-order valence-corrected chi connectivity index (χ0v) is 15.4. The molecule has 0 saturated heterocycles. The highest BCUT2D eigenvalue weighted by molar-refractivity contribution is 8.00. The van der Waals surface area contributed by atoms with Crippen LogP contribution in [0.5, 0.6) is 0 Å². The van der Waals surface area contributed by atoms with Gasteiger partial charge in [0.05, 0.1) is 21.8 Å². The molecule has 0 radical (unpaired) electrons. The van der Waals surface area contributed by atoms with Gasteiger partial charge in [-0.2, -0.15) is 0 Å². The van der Waals surface area contributed by atoms with Gasteiger partial charge in [-0.05, 0) is 36.4 Å². The lowest BCUT2D eigenvalue weighted by Gasteiger charge is -2.31. The Morgan fingerprint density at radius 2 is 1.52 bits per heavy atom. The first-order chi connectivity index (χ1) is 13.0. The second kappa shape index (κ2) is 5.77. The average Bonchev–Trinajstić information content (AvgIpc) is 3.05. The van der Waals surface area contributed by atoms with Crippen LogP contribution in [0.1, 0.15) is 0 Å². The monoisotopic (exact) mass is 396 g/mol.